The second-order valence-corrected chi connectivity index (χ2v) is 14.7. The van der Waals surface area contributed by atoms with E-state index >= 15 is 0 Å². The van der Waals surface area contributed by atoms with Gasteiger partial charge in [-0.05, 0) is 75.2 Å². The Morgan fingerprint density at radius 1 is 1.08 bits per heavy atom. The van der Waals surface area contributed by atoms with E-state index in [-0.39, 0.29) is 30.1 Å². The van der Waals surface area contributed by atoms with Gasteiger partial charge in [-0.1, -0.05) is 70.8 Å². The highest BCUT2D eigenvalue weighted by atomic mass is 79.9. The number of hydrogen-bond donors (Lipinski definition) is 3. The molecule has 4 aliphatic rings. The third kappa shape index (κ3) is 5.89. The van der Waals surface area contributed by atoms with Crippen LogP contribution in [-0.2, 0) is 4.79 Å². The molecule has 4 fully saturated rings. The maximum atomic E-state index is 14.3. The molecule has 38 heavy (non-hydrogen) atoms. The van der Waals surface area contributed by atoms with Crippen molar-refractivity contribution in [3.8, 4) is 0 Å². The van der Waals surface area contributed by atoms with Gasteiger partial charge in [-0.3, -0.25) is 10.2 Å². The molecule has 0 aromatic rings. The van der Waals surface area contributed by atoms with Crippen molar-refractivity contribution in [2.75, 3.05) is 13.1 Å². The lowest BCUT2D eigenvalue weighted by molar-refractivity contribution is -0.145. The second kappa shape index (κ2) is 13.2. The molecular weight excluding hydrogens is 540 g/mol. The van der Waals surface area contributed by atoms with Gasteiger partial charge in [0.1, 0.15) is 0 Å². The van der Waals surface area contributed by atoms with Crippen LogP contribution in [0.3, 0.4) is 0 Å². The summed E-state index contributed by atoms with van der Waals surface area (Å²) in [5.41, 5.74) is 3.99. The Morgan fingerprint density at radius 2 is 1.82 bits per heavy atom. The van der Waals surface area contributed by atoms with Crippen molar-refractivity contribution in [2.24, 2.45) is 35.5 Å². The van der Waals surface area contributed by atoms with Crippen LogP contribution in [0.4, 0.5) is 0 Å². The molecule has 0 spiro atoms. The molecule has 2 aliphatic heterocycles. The maximum Gasteiger partial charge on any atom is 0.227 e. The number of carbonyl (C=O) groups is 1. The van der Waals surface area contributed by atoms with Gasteiger partial charge in [0.05, 0.1) is 18.1 Å². The largest absolute Gasteiger partial charge is 0.391 e. The van der Waals surface area contributed by atoms with Crippen LogP contribution >= 0.6 is 15.9 Å². The van der Waals surface area contributed by atoms with E-state index in [1.54, 1.807) is 0 Å². The molecular formula is C31H57BrN4O2. The molecule has 0 aromatic heterocycles. The first-order valence-electron chi connectivity index (χ1n) is 16.0. The highest BCUT2D eigenvalue weighted by Crippen LogP contribution is 2.44. The van der Waals surface area contributed by atoms with Gasteiger partial charge in [-0.15, -0.1) is 0 Å². The van der Waals surface area contributed by atoms with Crippen LogP contribution < -0.4 is 10.7 Å². The number of hydrazine groups is 1. The number of nitrogens with zero attached hydrogens (tertiary/aromatic N) is 2. The Labute approximate surface area is 241 Å². The smallest absolute Gasteiger partial charge is 0.227 e. The van der Waals surface area contributed by atoms with Crippen molar-refractivity contribution in [1.29, 1.82) is 0 Å². The Hall–Kier alpha value is -0.210. The van der Waals surface area contributed by atoms with E-state index in [0.717, 1.165) is 58.0 Å². The molecule has 2 saturated heterocycles. The Bertz CT molecular complexity index is 783. The van der Waals surface area contributed by atoms with Crippen molar-refractivity contribution >= 4 is 21.8 Å². The van der Waals surface area contributed by atoms with Crippen LogP contribution in [0.2, 0.25) is 0 Å². The molecule has 2 aliphatic carbocycles. The van der Waals surface area contributed by atoms with Crippen LogP contribution in [0.25, 0.3) is 0 Å². The van der Waals surface area contributed by atoms with Crippen LogP contribution in [0.1, 0.15) is 99.8 Å². The molecule has 6 nitrogen and oxygen atoms in total. The van der Waals surface area contributed by atoms with Gasteiger partial charge >= 0.3 is 0 Å². The normalized spacial score (nSPS) is 43.3. The minimum atomic E-state index is -0.276. The fraction of sp³-hybridized carbons (Fsp3) is 0.968. The zero-order chi connectivity index (χ0) is 27.7. The highest BCUT2D eigenvalue weighted by molar-refractivity contribution is 9.09. The topological polar surface area (TPSA) is 67.8 Å². The van der Waals surface area contributed by atoms with Gasteiger partial charge in [-0.25, -0.2) is 5.01 Å². The molecule has 0 bridgehead atoms. The number of fused-ring (bicyclic) bond motifs is 1. The molecule has 0 radical (unpaired) electrons. The van der Waals surface area contributed by atoms with E-state index in [0.29, 0.717) is 52.4 Å². The first-order valence-corrected chi connectivity index (χ1v) is 17.0. The Kier molecular flexibility index (Phi) is 10.7. The summed E-state index contributed by atoms with van der Waals surface area (Å²) in [6, 6.07) is 1.40. The lowest BCUT2D eigenvalue weighted by Gasteiger charge is -2.49. The number of alkyl halides is 1. The fourth-order valence-electron chi connectivity index (χ4n) is 8.64. The predicted octanol–water partition coefficient (Wildman–Crippen LogP) is 5.19. The number of hydrogen-bond acceptors (Lipinski definition) is 5. The third-order valence-corrected chi connectivity index (χ3v) is 12.5. The van der Waals surface area contributed by atoms with E-state index in [2.05, 4.69) is 85.0 Å². The SMILES string of the molecule is CCNC1C(C(=O)N2CCC3C(C(C(C)CC)NN3C3CCC(C(C)C)CC3O)C2CC)CCC(Br)C1C. The molecule has 1 amide bonds. The standard InChI is InChI=1S/C31H57BrN4O2/c1-8-19(6)29-28-24(9-2)35(31(38)22-12-13-23(32)20(7)30(22)33-10-3)16-15-26(28)36(34-29)25-14-11-21(18(4)5)17-27(25)37/h18-30,33-34,37H,8-17H2,1-7H3. The number of aliphatic hydroxyl groups excluding tert-OH is 1. The van der Waals surface area contributed by atoms with Crippen molar-refractivity contribution in [3.05, 3.63) is 0 Å². The molecule has 7 heteroatoms. The van der Waals surface area contributed by atoms with Crippen LogP contribution in [0.5, 0.6) is 0 Å². The first kappa shape index (κ1) is 30.7. The molecule has 3 N–H and O–H groups in total. The highest BCUT2D eigenvalue weighted by Gasteiger charge is 2.55. The molecule has 220 valence electrons. The van der Waals surface area contributed by atoms with E-state index in [1.807, 2.05) is 0 Å². The summed E-state index contributed by atoms with van der Waals surface area (Å²) in [6.45, 7) is 17.7. The zero-order valence-electron chi connectivity index (χ0n) is 25.2. The van der Waals surface area contributed by atoms with Crippen molar-refractivity contribution < 1.29 is 9.90 Å². The van der Waals surface area contributed by atoms with Gasteiger partial charge in [0, 0.05) is 41.5 Å². The van der Waals surface area contributed by atoms with E-state index in [9.17, 15) is 9.90 Å². The Morgan fingerprint density at radius 3 is 2.42 bits per heavy atom. The quantitative estimate of drug-likeness (QED) is 0.336. The van der Waals surface area contributed by atoms with Gasteiger partial charge in [0.25, 0.3) is 0 Å². The molecule has 2 heterocycles. The minimum absolute atomic E-state index is 0.0602. The summed E-state index contributed by atoms with van der Waals surface area (Å²) in [4.78, 5) is 17.1. The number of piperidine rings is 1. The molecule has 12 unspecified atom stereocenters. The summed E-state index contributed by atoms with van der Waals surface area (Å²) in [7, 11) is 0. The third-order valence-electron chi connectivity index (χ3n) is 11.2. The monoisotopic (exact) mass is 596 g/mol. The summed E-state index contributed by atoms with van der Waals surface area (Å²) in [6.07, 6.45) is 8.04. The molecule has 0 aromatic carbocycles. The fourth-order valence-corrected chi connectivity index (χ4v) is 9.23. The molecule has 12 atom stereocenters. The van der Waals surface area contributed by atoms with Gasteiger partial charge in [0.2, 0.25) is 5.91 Å². The molecule has 4 rings (SSSR count). The van der Waals surface area contributed by atoms with Crippen molar-refractivity contribution in [3.63, 3.8) is 0 Å². The number of rotatable bonds is 8. The number of carbonyl (C=O) groups excluding carboxylic acids is 1. The summed E-state index contributed by atoms with van der Waals surface area (Å²) >= 11 is 3.89. The lowest BCUT2D eigenvalue weighted by atomic mass is 9.72. The molecule has 2 saturated carbocycles. The summed E-state index contributed by atoms with van der Waals surface area (Å²) in [5.74, 6) is 3.06. The second-order valence-electron chi connectivity index (χ2n) is 13.5. The van der Waals surface area contributed by atoms with E-state index in [1.165, 1.54) is 6.42 Å². The number of nitrogens with one attached hydrogen (secondary N) is 2. The maximum absolute atomic E-state index is 14.3. The minimum Gasteiger partial charge on any atom is -0.391 e. The average Bonchev–Trinajstić information content (AvgIpc) is 3.29. The van der Waals surface area contributed by atoms with Crippen molar-refractivity contribution in [1.82, 2.24) is 20.7 Å². The Balaban J connectivity index is 1.57. The van der Waals surface area contributed by atoms with Gasteiger partial charge in [0.15, 0.2) is 0 Å². The summed E-state index contributed by atoms with van der Waals surface area (Å²) in [5, 5.41) is 17.5. The number of amides is 1. The van der Waals surface area contributed by atoms with Crippen LogP contribution in [0, 0.1) is 35.5 Å². The van der Waals surface area contributed by atoms with E-state index < -0.39 is 0 Å². The van der Waals surface area contributed by atoms with Crippen LogP contribution in [-0.4, -0.2) is 75.2 Å². The zero-order valence-corrected chi connectivity index (χ0v) is 26.8. The average molecular weight is 598 g/mol. The summed E-state index contributed by atoms with van der Waals surface area (Å²) < 4.78 is 0. The van der Waals surface area contributed by atoms with Gasteiger partial charge < -0.3 is 15.3 Å². The van der Waals surface area contributed by atoms with Crippen molar-refractivity contribution in [2.45, 2.75) is 141 Å². The van der Waals surface area contributed by atoms with Crippen LogP contribution in [0.15, 0.2) is 0 Å². The number of halogens is 1. The number of likely N-dealkylation sites (tertiary alicyclic amines) is 1. The number of aliphatic hydroxyl groups is 1. The van der Waals surface area contributed by atoms with Gasteiger partial charge in [-0.2, -0.15) is 0 Å². The predicted molar refractivity (Wildman–Crippen MR) is 160 cm³/mol. The van der Waals surface area contributed by atoms with E-state index in [4.69, 9.17) is 0 Å². The lowest BCUT2D eigenvalue weighted by Crippen LogP contribution is -2.61. The first-order chi connectivity index (χ1) is 18.1.